The van der Waals surface area contributed by atoms with E-state index in [0.717, 1.165) is 42.8 Å². The molecule has 2 aromatic carbocycles. The number of anilines is 2. The largest absolute Gasteiger partial charge is 0.355 e. The third-order valence-corrected chi connectivity index (χ3v) is 5.74. The van der Waals surface area contributed by atoms with E-state index in [2.05, 4.69) is 32.3 Å². The van der Waals surface area contributed by atoms with Gasteiger partial charge in [-0.15, -0.1) is 0 Å². The normalized spacial score (nSPS) is 14.7. The van der Waals surface area contributed by atoms with E-state index in [0.29, 0.717) is 28.5 Å². The summed E-state index contributed by atoms with van der Waals surface area (Å²) in [7, 11) is 0. The highest BCUT2D eigenvalue weighted by atomic mass is 16.5. The van der Waals surface area contributed by atoms with Crippen molar-refractivity contribution < 1.29 is 9.32 Å². The van der Waals surface area contributed by atoms with Crippen molar-refractivity contribution in [1.82, 2.24) is 15.1 Å². The second kappa shape index (κ2) is 8.18. The number of piperidine rings is 1. The molecule has 4 aromatic rings. The zero-order valence-corrected chi connectivity index (χ0v) is 17.3. The van der Waals surface area contributed by atoms with E-state index < -0.39 is 0 Å². The Hall–Kier alpha value is -3.74. The van der Waals surface area contributed by atoms with Gasteiger partial charge in [0.1, 0.15) is 5.52 Å². The van der Waals surface area contributed by atoms with Gasteiger partial charge in [0.2, 0.25) is 5.95 Å². The standard InChI is InChI=1S/C24H23N5O2/c1-16-9-11-29(12-10-16)24-25-14-19(15-26-24)27-23(30)18-7-8-21-20(13-18)22(31-28-21)17-5-3-2-4-6-17/h2-8,13-16H,9-12H2,1H3,(H,27,30). The average molecular weight is 413 g/mol. The summed E-state index contributed by atoms with van der Waals surface area (Å²) >= 11 is 0. The number of amides is 1. The van der Waals surface area contributed by atoms with Crippen LogP contribution in [-0.2, 0) is 0 Å². The first-order valence-electron chi connectivity index (χ1n) is 10.5. The Labute approximate surface area is 180 Å². The fourth-order valence-electron chi connectivity index (χ4n) is 3.84. The summed E-state index contributed by atoms with van der Waals surface area (Å²) in [4.78, 5) is 23.9. The molecule has 3 heterocycles. The summed E-state index contributed by atoms with van der Waals surface area (Å²) in [5.41, 5.74) is 2.70. The molecule has 0 bridgehead atoms. The first-order valence-corrected chi connectivity index (χ1v) is 10.5. The van der Waals surface area contributed by atoms with Gasteiger partial charge in [0.05, 0.1) is 23.5 Å². The summed E-state index contributed by atoms with van der Waals surface area (Å²) in [5.74, 6) is 1.88. The lowest BCUT2D eigenvalue weighted by molar-refractivity contribution is 0.102. The number of rotatable bonds is 4. The van der Waals surface area contributed by atoms with Gasteiger partial charge in [-0.3, -0.25) is 4.79 Å². The maximum absolute atomic E-state index is 12.8. The summed E-state index contributed by atoms with van der Waals surface area (Å²) in [6, 6.07) is 15.1. The van der Waals surface area contributed by atoms with Crippen molar-refractivity contribution in [3.8, 4) is 11.3 Å². The number of aromatic nitrogens is 3. The van der Waals surface area contributed by atoms with Gasteiger partial charge in [-0.2, -0.15) is 0 Å². The Kier molecular flexibility index (Phi) is 5.08. The molecule has 1 fully saturated rings. The second-order valence-corrected chi connectivity index (χ2v) is 8.01. The number of fused-ring (bicyclic) bond motifs is 1. The lowest BCUT2D eigenvalue weighted by atomic mass is 10.00. The molecule has 0 aliphatic carbocycles. The third-order valence-electron chi connectivity index (χ3n) is 5.74. The molecule has 1 aliphatic heterocycles. The molecule has 5 rings (SSSR count). The van der Waals surface area contributed by atoms with Crippen molar-refractivity contribution in [1.29, 1.82) is 0 Å². The number of nitrogens with one attached hydrogen (secondary N) is 1. The van der Waals surface area contributed by atoms with E-state index in [1.807, 2.05) is 30.3 Å². The smallest absolute Gasteiger partial charge is 0.255 e. The molecule has 1 saturated heterocycles. The van der Waals surface area contributed by atoms with Gasteiger partial charge in [-0.1, -0.05) is 42.4 Å². The van der Waals surface area contributed by atoms with Crippen LogP contribution in [0.2, 0.25) is 0 Å². The molecular weight excluding hydrogens is 390 g/mol. The highest BCUT2D eigenvalue weighted by Crippen LogP contribution is 2.29. The van der Waals surface area contributed by atoms with Crippen LogP contribution in [0.15, 0.2) is 65.4 Å². The van der Waals surface area contributed by atoms with Crippen LogP contribution in [0.1, 0.15) is 30.1 Å². The van der Waals surface area contributed by atoms with Gasteiger partial charge >= 0.3 is 0 Å². The van der Waals surface area contributed by atoms with Crippen molar-refractivity contribution in [2.45, 2.75) is 19.8 Å². The number of hydrogen-bond acceptors (Lipinski definition) is 6. The molecular formula is C24H23N5O2. The predicted molar refractivity (Wildman–Crippen MR) is 120 cm³/mol. The molecule has 0 atom stereocenters. The predicted octanol–water partition coefficient (Wildman–Crippen LogP) is 4.77. The quantitative estimate of drug-likeness (QED) is 0.519. The van der Waals surface area contributed by atoms with Crippen LogP contribution in [0.5, 0.6) is 0 Å². The van der Waals surface area contributed by atoms with E-state index in [1.54, 1.807) is 30.6 Å². The molecule has 0 saturated carbocycles. The molecule has 2 aromatic heterocycles. The zero-order valence-electron chi connectivity index (χ0n) is 17.3. The molecule has 1 N–H and O–H groups in total. The topological polar surface area (TPSA) is 84.2 Å². The molecule has 7 nitrogen and oxygen atoms in total. The Morgan fingerprint density at radius 2 is 1.81 bits per heavy atom. The van der Waals surface area contributed by atoms with E-state index in [4.69, 9.17) is 4.52 Å². The minimum atomic E-state index is -0.231. The summed E-state index contributed by atoms with van der Waals surface area (Å²) in [6.45, 7) is 4.21. The van der Waals surface area contributed by atoms with Crippen molar-refractivity contribution in [3.63, 3.8) is 0 Å². The molecule has 156 valence electrons. The maximum atomic E-state index is 12.8. The lowest BCUT2D eigenvalue weighted by Gasteiger charge is -2.30. The number of carbonyl (C=O) groups excluding carboxylic acids is 1. The van der Waals surface area contributed by atoms with Crippen LogP contribution >= 0.6 is 0 Å². The van der Waals surface area contributed by atoms with Crippen LogP contribution in [-0.4, -0.2) is 34.1 Å². The summed E-state index contributed by atoms with van der Waals surface area (Å²) in [5, 5.41) is 7.78. The Bertz CT molecular complexity index is 1200. The summed E-state index contributed by atoms with van der Waals surface area (Å²) in [6.07, 6.45) is 5.62. The van der Waals surface area contributed by atoms with Crippen LogP contribution in [0.25, 0.3) is 22.2 Å². The van der Waals surface area contributed by atoms with Crippen LogP contribution in [0, 0.1) is 5.92 Å². The fraction of sp³-hybridized carbons (Fsp3) is 0.250. The van der Waals surface area contributed by atoms with Crippen molar-refractivity contribution in [2.24, 2.45) is 5.92 Å². The third kappa shape index (κ3) is 3.99. The van der Waals surface area contributed by atoms with E-state index in [-0.39, 0.29) is 5.91 Å². The van der Waals surface area contributed by atoms with Gasteiger partial charge in [-0.05, 0) is 37.0 Å². The van der Waals surface area contributed by atoms with Gasteiger partial charge in [0, 0.05) is 24.2 Å². The van der Waals surface area contributed by atoms with Gasteiger partial charge in [-0.25, -0.2) is 9.97 Å². The van der Waals surface area contributed by atoms with Crippen LogP contribution in [0.4, 0.5) is 11.6 Å². The summed E-state index contributed by atoms with van der Waals surface area (Å²) < 4.78 is 5.53. The molecule has 0 radical (unpaired) electrons. The van der Waals surface area contributed by atoms with Crippen LogP contribution < -0.4 is 10.2 Å². The Morgan fingerprint density at radius 3 is 2.55 bits per heavy atom. The minimum absolute atomic E-state index is 0.231. The molecule has 0 spiro atoms. The molecule has 31 heavy (non-hydrogen) atoms. The SMILES string of the molecule is CC1CCN(c2ncc(NC(=O)c3ccc4noc(-c5ccccc5)c4c3)cn2)CC1. The lowest BCUT2D eigenvalue weighted by Crippen LogP contribution is -2.34. The van der Waals surface area contributed by atoms with E-state index >= 15 is 0 Å². The first kappa shape index (κ1) is 19.2. The minimum Gasteiger partial charge on any atom is -0.355 e. The average Bonchev–Trinajstić information content (AvgIpc) is 3.24. The first-order chi connectivity index (χ1) is 15.2. The molecule has 7 heteroatoms. The van der Waals surface area contributed by atoms with Crippen molar-refractivity contribution in [2.75, 3.05) is 23.3 Å². The van der Waals surface area contributed by atoms with E-state index in [9.17, 15) is 4.79 Å². The second-order valence-electron chi connectivity index (χ2n) is 8.01. The number of nitrogens with zero attached hydrogens (tertiary/aromatic N) is 4. The monoisotopic (exact) mass is 413 g/mol. The van der Waals surface area contributed by atoms with E-state index in [1.165, 1.54) is 0 Å². The number of hydrogen-bond donors (Lipinski definition) is 1. The molecule has 1 aliphatic rings. The number of carbonyl (C=O) groups is 1. The van der Waals surface area contributed by atoms with Crippen LogP contribution in [0.3, 0.4) is 0 Å². The van der Waals surface area contributed by atoms with Gasteiger partial charge in [0.15, 0.2) is 5.76 Å². The Balaban J connectivity index is 1.33. The maximum Gasteiger partial charge on any atom is 0.255 e. The molecule has 0 unspecified atom stereocenters. The highest BCUT2D eigenvalue weighted by molar-refractivity contribution is 6.07. The van der Waals surface area contributed by atoms with Gasteiger partial charge in [0.25, 0.3) is 5.91 Å². The fourth-order valence-corrected chi connectivity index (χ4v) is 3.84. The Morgan fingerprint density at radius 1 is 1.06 bits per heavy atom. The molecule has 1 amide bonds. The van der Waals surface area contributed by atoms with Crippen molar-refractivity contribution >= 4 is 28.4 Å². The van der Waals surface area contributed by atoms with Gasteiger partial charge < -0.3 is 14.7 Å². The van der Waals surface area contributed by atoms with Crippen molar-refractivity contribution in [3.05, 3.63) is 66.5 Å². The number of benzene rings is 2. The highest BCUT2D eigenvalue weighted by Gasteiger charge is 2.18. The zero-order chi connectivity index (χ0) is 21.2.